The summed E-state index contributed by atoms with van der Waals surface area (Å²) in [5.74, 6) is 1.95. The van der Waals surface area contributed by atoms with Crippen molar-refractivity contribution < 1.29 is 0 Å². The van der Waals surface area contributed by atoms with Crippen molar-refractivity contribution in [1.29, 1.82) is 0 Å². The van der Waals surface area contributed by atoms with Crippen LogP contribution in [-0.4, -0.2) is 51.8 Å². The molecule has 118 valence electrons. The normalized spacial score (nSPS) is 17.2. The SMILES string of the molecule is CCNC(=NCCCCn1cnnc1)N1CCC(C)CC1. The van der Waals surface area contributed by atoms with Crippen LogP contribution in [0.15, 0.2) is 17.6 Å². The van der Waals surface area contributed by atoms with Gasteiger partial charge in [-0.1, -0.05) is 6.92 Å². The maximum atomic E-state index is 4.77. The number of hydrogen-bond donors (Lipinski definition) is 1. The predicted molar refractivity (Wildman–Crippen MR) is 85.2 cm³/mol. The largest absolute Gasteiger partial charge is 0.357 e. The van der Waals surface area contributed by atoms with E-state index < -0.39 is 0 Å². The maximum Gasteiger partial charge on any atom is 0.193 e. The molecule has 0 aliphatic carbocycles. The molecule has 0 spiro atoms. The Morgan fingerprint density at radius 2 is 1.95 bits per heavy atom. The summed E-state index contributed by atoms with van der Waals surface area (Å²) >= 11 is 0. The average Bonchev–Trinajstić information content (AvgIpc) is 3.00. The summed E-state index contributed by atoms with van der Waals surface area (Å²) < 4.78 is 2.01. The van der Waals surface area contributed by atoms with Crippen molar-refractivity contribution in [2.24, 2.45) is 10.9 Å². The zero-order chi connectivity index (χ0) is 14.9. The molecule has 1 aliphatic heterocycles. The molecule has 6 nitrogen and oxygen atoms in total. The van der Waals surface area contributed by atoms with Gasteiger partial charge in [-0.05, 0) is 38.5 Å². The van der Waals surface area contributed by atoms with Crippen molar-refractivity contribution in [3.63, 3.8) is 0 Å². The Morgan fingerprint density at radius 1 is 1.24 bits per heavy atom. The molecule has 1 fully saturated rings. The predicted octanol–water partition coefficient (Wildman–Crippen LogP) is 1.76. The summed E-state index contributed by atoms with van der Waals surface area (Å²) in [7, 11) is 0. The molecule has 2 heterocycles. The van der Waals surface area contributed by atoms with Crippen molar-refractivity contribution in [1.82, 2.24) is 25.0 Å². The van der Waals surface area contributed by atoms with E-state index in [1.165, 1.54) is 12.8 Å². The molecule has 1 aromatic rings. The van der Waals surface area contributed by atoms with Crippen LogP contribution in [0.2, 0.25) is 0 Å². The number of nitrogens with zero attached hydrogens (tertiary/aromatic N) is 5. The number of aliphatic imine (C=N–C) groups is 1. The van der Waals surface area contributed by atoms with E-state index in [4.69, 9.17) is 4.99 Å². The molecule has 0 amide bonds. The Hall–Kier alpha value is -1.59. The highest BCUT2D eigenvalue weighted by molar-refractivity contribution is 5.80. The Morgan fingerprint density at radius 3 is 2.62 bits per heavy atom. The number of hydrogen-bond acceptors (Lipinski definition) is 3. The van der Waals surface area contributed by atoms with Crippen LogP contribution in [0.5, 0.6) is 0 Å². The first-order valence-corrected chi connectivity index (χ1v) is 8.15. The van der Waals surface area contributed by atoms with Crippen molar-refractivity contribution in [3.05, 3.63) is 12.7 Å². The van der Waals surface area contributed by atoms with Gasteiger partial charge in [-0.15, -0.1) is 10.2 Å². The first kappa shape index (κ1) is 15.8. The number of aromatic nitrogens is 3. The lowest BCUT2D eigenvalue weighted by atomic mass is 10.00. The molecule has 1 aliphatic rings. The van der Waals surface area contributed by atoms with Crippen LogP contribution in [0.4, 0.5) is 0 Å². The third-order valence-electron chi connectivity index (χ3n) is 3.97. The first-order valence-electron chi connectivity index (χ1n) is 8.15. The number of rotatable bonds is 6. The Bertz CT molecular complexity index is 406. The minimum absolute atomic E-state index is 0.855. The van der Waals surface area contributed by atoms with Gasteiger partial charge in [0.2, 0.25) is 0 Å². The minimum atomic E-state index is 0.855. The third kappa shape index (κ3) is 5.36. The van der Waals surface area contributed by atoms with Crippen LogP contribution in [0.1, 0.15) is 39.5 Å². The molecule has 0 atom stereocenters. The molecule has 21 heavy (non-hydrogen) atoms. The molecule has 0 bridgehead atoms. The number of nitrogens with one attached hydrogen (secondary N) is 1. The zero-order valence-corrected chi connectivity index (χ0v) is 13.3. The molecule has 0 saturated carbocycles. The lowest BCUT2D eigenvalue weighted by molar-refractivity contribution is 0.273. The first-order chi connectivity index (χ1) is 10.3. The van der Waals surface area contributed by atoms with Gasteiger partial charge < -0.3 is 14.8 Å². The highest BCUT2D eigenvalue weighted by atomic mass is 15.3. The summed E-state index contributed by atoms with van der Waals surface area (Å²) in [6.45, 7) is 9.53. The van der Waals surface area contributed by atoms with Gasteiger partial charge in [-0.2, -0.15) is 0 Å². The molecule has 0 unspecified atom stereocenters. The second kappa shape index (κ2) is 8.64. The van der Waals surface area contributed by atoms with Crippen LogP contribution >= 0.6 is 0 Å². The molecule has 1 aromatic heterocycles. The van der Waals surface area contributed by atoms with Crippen molar-refractivity contribution >= 4 is 5.96 Å². The summed E-state index contributed by atoms with van der Waals surface area (Å²) in [5, 5.41) is 11.0. The van der Waals surface area contributed by atoms with E-state index in [1.54, 1.807) is 12.7 Å². The maximum absolute atomic E-state index is 4.77. The number of likely N-dealkylation sites (tertiary alicyclic amines) is 1. The summed E-state index contributed by atoms with van der Waals surface area (Å²) in [6.07, 6.45) is 8.29. The van der Waals surface area contributed by atoms with Crippen molar-refractivity contribution in [3.8, 4) is 0 Å². The number of piperidine rings is 1. The lowest BCUT2D eigenvalue weighted by Gasteiger charge is -2.33. The van der Waals surface area contributed by atoms with E-state index in [9.17, 15) is 0 Å². The summed E-state index contributed by atoms with van der Waals surface area (Å²) in [4.78, 5) is 7.18. The summed E-state index contributed by atoms with van der Waals surface area (Å²) in [5.41, 5.74) is 0. The molecule has 6 heteroatoms. The standard InChI is InChI=1S/C15H28N6/c1-3-16-15(21-10-6-14(2)7-11-21)17-8-4-5-9-20-12-18-19-13-20/h12-14H,3-11H2,1-2H3,(H,16,17). The average molecular weight is 292 g/mol. The highest BCUT2D eigenvalue weighted by Crippen LogP contribution is 2.15. The summed E-state index contributed by atoms with van der Waals surface area (Å²) in [6, 6.07) is 0. The zero-order valence-electron chi connectivity index (χ0n) is 13.3. The van der Waals surface area contributed by atoms with Crippen LogP contribution in [-0.2, 0) is 6.54 Å². The molecule has 0 aromatic carbocycles. The van der Waals surface area contributed by atoms with E-state index in [0.29, 0.717) is 0 Å². The minimum Gasteiger partial charge on any atom is -0.357 e. The van der Waals surface area contributed by atoms with Gasteiger partial charge in [0.1, 0.15) is 12.7 Å². The quantitative estimate of drug-likeness (QED) is 0.493. The fraction of sp³-hybridized carbons (Fsp3) is 0.800. The topological polar surface area (TPSA) is 58.3 Å². The Kier molecular flexibility index (Phi) is 6.50. The molecule has 1 saturated heterocycles. The van der Waals surface area contributed by atoms with E-state index in [0.717, 1.165) is 57.4 Å². The van der Waals surface area contributed by atoms with E-state index in [1.807, 2.05) is 4.57 Å². The van der Waals surface area contributed by atoms with Gasteiger partial charge in [0.25, 0.3) is 0 Å². The smallest absolute Gasteiger partial charge is 0.193 e. The Balaban J connectivity index is 1.72. The monoisotopic (exact) mass is 292 g/mol. The number of aryl methyl sites for hydroxylation is 1. The number of guanidine groups is 1. The van der Waals surface area contributed by atoms with Gasteiger partial charge in [-0.25, -0.2) is 0 Å². The highest BCUT2D eigenvalue weighted by Gasteiger charge is 2.18. The fourth-order valence-corrected chi connectivity index (χ4v) is 2.57. The fourth-order valence-electron chi connectivity index (χ4n) is 2.57. The van der Waals surface area contributed by atoms with E-state index in [2.05, 4.69) is 34.3 Å². The van der Waals surface area contributed by atoms with E-state index >= 15 is 0 Å². The van der Waals surface area contributed by atoms with Crippen LogP contribution < -0.4 is 5.32 Å². The third-order valence-corrected chi connectivity index (χ3v) is 3.97. The molecule has 0 radical (unpaired) electrons. The van der Waals surface area contributed by atoms with Gasteiger partial charge in [-0.3, -0.25) is 4.99 Å². The van der Waals surface area contributed by atoms with E-state index in [-0.39, 0.29) is 0 Å². The lowest BCUT2D eigenvalue weighted by Crippen LogP contribution is -2.45. The molecular formula is C15H28N6. The van der Waals surface area contributed by atoms with Crippen LogP contribution in [0, 0.1) is 5.92 Å². The van der Waals surface area contributed by atoms with Crippen LogP contribution in [0.3, 0.4) is 0 Å². The van der Waals surface area contributed by atoms with Crippen molar-refractivity contribution in [2.45, 2.75) is 46.1 Å². The van der Waals surface area contributed by atoms with Crippen molar-refractivity contribution in [2.75, 3.05) is 26.2 Å². The molecule has 1 N–H and O–H groups in total. The van der Waals surface area contributed by atoms with Gasteiger partial charge in [0, 0.05) is 32.7 Å². The second-order valence-corrected chi connectivity index (χ2v) is 5.81. The number of unbranched alkanes of at least 4 members (excludes halogenated alkanes) is 1. The van der Waals surface area contributed by atoms with Crippen LogP contribution in [0.25, 0.3) is 0 Å². The Labute approximate surface area is 127 Å². The van der Waals surface area contributed by atoms with Gasteiger partial charge in [0.05, 0.1) is 0 Å². The second-order valence-electron chi connectivity index (χ2n) is 5.81. The van der Waals surface area contributed by atoms with Gasteiger partial charge in [0.15, 0.2) is 5.96 Å². The molecular weight excluding hydrogens is 264 g/mol. The molecule has 2 rings (SSSR count). The van der Waals surface area contributed by atoms with Gasteiger partial charge >= 0.3 is 0 Å².